The zero-order valence-electron chi connectivity index (χ0n) is 14.3. The SMILES string of the molecule is CCOC(=O)C1=C(C)N=C2SC=CN2[C@H]1c1ccc(N(C)C)cc1. The number of carbonyl (C=O) groups excluding carboxylic acids is 1. The second-order valence-corrected chi connectivity index (χ2v) is 6.69. The van der Waals surface area contributed by atoms with Crippen molar-refractivity contribution in [2.75, 3.05) is 25.6 Å². The van der Waals surface area contributed by atoms with Crippen molar-refractivity contribution in [3.8, 4) is 0 Å². The highest BCUT2D eigenvalue weighted by atomic mass is 32.2. The summed E-state index contributed by atoms with van der Waals surface area (Å²) in [5.41, 5.74) is 3.48. The number of hydrogen-bond donors (Lipinski definition) is 0. The average Bonchev–Trinajstić information content (AvgIpc) is 3.01. The summed E-state index contributed by atoms with van der Waals surface area (Å²) in [7, 11) is 4.02. The molecule has 126 valence electrons. The number of thioether (sulfide) groups is 1. The van der Waals surface area contributed by atoms with Crippen LogP contribution in [0.15, 0.2) is 52.1 Å². The average molecular weight is 343 g/mol. The van der Waals surface area contributed by atoms with Crippen molar-refractivity contribution in [1.29, 1.82) is 0 Å². The van der Waals surface area contributed by atoms with E-state index in [9.17, 15) is 4.79 Å². The maximum absolute atomic E-state index is 12.5. The van der Waals surface area contributed by atoms with Crippen LogP contribution in [0.3, 0.4) is 0 Å². The molecule has 0 radical (unpaired) electrons. The number of ether oxygens (including phenoxy) is 1. The van der Waals surface area contributed by atoms with E-state index >= 15 is 0 Å². The fraction of sp³-hybridized carbons (Fsp3) is 0.333. The van der Waals surface area contributed by atoms with Gasteiger partial charge in [-0.25, -0.2) is 9.79 Å². The summed E-state index contributed by atoms with van der Waals surface area (Å²) in [5.74, 6) is -0.301. The Hall–Kier alpha value is -2.21. The largest absolute Gasteiger partial charge is 0.463 e. The summed E-state index contributed by atoms with van der Waals surface area (Å²) < 4.78 is 5.28. The number of esters is 1. The molecule has 5 nitrogen and oxygen atoms in total. The Morgan fingerprint density at radius 3 is 2.67 bits per heavy atom. The van der Waals surface area contributed by atoms with E-state index in [0.29, 0.717) is 12.2 Å². The topological polar surface area (TPSA) is 45.1 Å². The van der Waals surface area contributed by atoms with Crippen LogP contribution in [-0.2, 0) is 9.53 Å². The van der Waals surface area contributed by atoms with Gasteiger partial charge in [0.25, 0.3) is 0 Å². The quantitative estimate of drug-likeness (QED) is 0.783. The molecule has 1 aromatic rings. The Bertz CT molecular complexity index is 735. The minimum absolute atomic E-state index is 0.209. The zero-order chi connectivity index (χ0) is 17.3. The van der Waals surface area contributed by atoms with E-state index in [-0.39, 0.29) is 12.0 Å². The van der Waals surface area contributed by atoms with Crippen LogP contribution < -0.4 is 4.90 Å². The molecule has 0 fully saturated rings. The number of allylic oxidation sites excluding steroid dienone is 1. The van der Waals surface area contributed by atoms with E-state index < -0.39 is 0 Å². The first-order valence-electron chi connectivity index (χ1n) is 7.88. The molecule has 0 N–H and O–H groups in total. The molecule has 0 saturated carbocycles. The molecule has 2 aliphatic heterocycles. The van der Waals surface area contributed by atoms with E-state index in [1.165, 1.54) is 0 Å². The second-order valence-electron chi connectivity index (χ2n) is 5.81. The predicted molar refractivity (Wildman–Crippen MR) is 98.8 cm³/mol. The maximum atomic E-state index is 12.5. The number of anilines is 1. The van der Waals surface area contributed by atoms with Gasteiger partial charge in [0, 0.05) is 26.0 Å². The molecule has 0 aromatic heterocycles. The molecule has 0 saturated heterocycles. The van der Waals surface area contributed by atoms with Gasteiger partial charge in [0.15, 0.2) is 5.17 Å². The van der Waals surface area contributed by atoms with E-state index in [4.69, 9.17) is 4.74 Å². The molecule has 1 aromatic carbocycles. The molecule has 0 unspecified atom stereocenters. The van der Waals surface area contributed by atoms with E-state index in [1.807, 2.05) is 44.5 Å². The highest BCUT2D eigenvalue weighted by Crippen LogP contribution is 2.41. The third-order valence-electron chi connectivity index (χ3n) is 4.04. The minimum atomic E-state index is -0.301. The Balaban J connectivity index is 2.05. The lowest BCUT2D eigenvalue weighted by Gasteiger charge is -2.33. The van der Waals surface area contributed by atoms with Crippen molar-refractivity contribution in [2.45, 2.75) is 19.9 Å². The Kier molecular flexibility index (Phi) is 4.66. The molecule has 0 amide bonds. The molecule has 24 heavy (non-hydrogen) atoms. The molecule has 0 spiro atoms. The molecule has 1 atom stereocenters. The normalized spacial score (nSPS) is 19.2. The monoisotopic (exact) mass is 343 g/mol. The zero-order valence-corrected chi connectivity index (χ0v) is 15.1. The maximum Gasteiger partial charge on any atom is 0.338 e. The standard InChI is InChI=1S/C18H21N3O2S/c1-5-23-17(22)15-12(2)19-18-21(10-11-24-18)16(15)13-6-8-14(9-7-13)20(3)4/h6-11,16H,5H2,1-4H3/t16-/m0/s1. The van der Waals surface area contributed by atoms with Crippen LogP contribution in [0.1, 0.15) is 25.5 Å². The van der Waals surface area contributed by atoms with Crippen LogP contribution in [0.25, 0.3) is 0 Å². The van der Waals surface area contributed by atoms with Gasteiger partial charge in [-0.15, -0.1) is 0 Å². The molecule has 0 bridgehead atoms. The number of amidine groups is 1. The predicted octanol–water partition coefficient (Wildman–Crippen LogP) is 3.52. The first-order chi connectivity index (χ1) is 11.5. The van der Waals surface area contributed by atoms with Gasteiger partial charge in [0.2, 0.25) is 0 Å². The Morgan fingerprint density at radius 2 is 2.04 bits per heavy atom. The van der Waals surface area contributed by atoms with Gasteiger partial charge in [0.05, 0.1) is 23.9 Å². The van der Waals surface area contributed by atoms with Crippen molar-refractivity contribution >= 4 is 28.6 Å². The number of nitrogens with zero attached hydrogens (tertiary/aromatic N) is 3. The Morgan fingerprint density at radius 1 is 1.33 bits per heavy atom. The van der Waals surface area contributed by atoms with Crippen molar-refractivity contribution < 1.29 is 9.53 Å². The summed E-state index contributed by atoms with van der Waals surface area (Å²) in [6, 6.07) is 8.04. The number of carbonyl (C=O) groups is 1. The molecule has 2 aliphatic rings. The summed E-state index contributed by atoms with van der Waals surface area (Å²) in [6.45, 7) is 4.04. The Labute approximate surface area is 146 Å². The lowest BCUT2D eigenvalue weighted by Crippen LogP contribution is -2.34. The van der Waals surface area contributed by atoms with Crippen LogP contribution >= 0.6 is 11.8 Å². The smallest absolute Gasteiger partial charge is 0.338 e. The number of rotatable bonds is 4. The van der Waals surface area contributed by atoms with Crippen molar-refractivity contribution in [1.82, 2.24) is 4.90 Å². The molecule has 2 heterocycles. The fourth-order valence-corrected chi connectivity index (χ4v) is 3.64. The van der Waals surface area contributed by atoms with Crippen LogP contribution in [0.5, 0.6) is 0 Å². The lowest BCUT2D eigenvalue weighted by molar-refractivity contribution is -0.139. The molecule has 0 aliphatic carbocycles. The fourth-order valence-electron chi connectivity index (χ4n) is 2.85. The van der Waals surface area contributed by atoms with Gasteiger partial charge in [-0.05, 0) is 37.0 Å². The second kappa shape index (κ2) is 6.73. The summed E-state index contributed by atoms with van der Waals surface area (Å²) in [4.78, 5) is 21.2. The number of hydrogen-bond acceptors (Lipinski definition) is 6. The van der Waals surface area contributed by atoms with Crippen LogP contribution in [-0.4, -0.2) is 36.7 Å². The highest BCUT2D eigenvalue weighted by Gasteiger charge is 2.37. The first kappa shape index (κ1) is 16.6. The number of benzene rings is 1. The van der Waals surface area contributed by atoms with Gasteiger partial charge >= 0.3 is 5.97 Å². The van der Waals surface area contributed by atoms with Gasteiger partial charge in [0.1, 0.15) is 0 Å². The van der Waals surface area contributed by atoms with Crippen molar-refractivity contribution in [2.24, 2.45) is 4.99 Å². The minimum Gasteiger partial charge on any atom is -0.463 e. The molecule has 6 heteroatoms. The van der Waals surface area contributed by atoms with Gasteiger partial charge < -0.3 is 14.5 Å². The highest BCUT2D eigenvalue weighted by molar-refractivity contribution is 8.16. The summed E-state index contributed by atoms with van der Waals surface area (Å²) in [6.07, 6.45) is 1.97. The summed E-state index contributed by atoms with van der Waals surface area (Å²) >= 11 is 1.56. The van der Waals surface area contributed by atoms with E-state index in [2.05, 4.69) is 34.2 Å². The molecular weight excluding hydrogens is 322 g/mol. The molecule has 3 rings (SSSR count). The van der Waals surface area contributed by atoms with Gasteiger partial charge in [-0.1, -0.05) is 23.9 Å². The van der Waals surface area contributed by atoms with Crippen molar-refractivity contribution in [3.05, 3.63) is 52.7 Å². The third-order valence-corrected chi connectivity index (χ3v) is 4.81. The summed E-state index contributed by atoms with van der Waals surface area (Å²) in [5, 5.41) is 2.88. The van der Waals surface area contributed by atoms with Gasteiger partial charge in [-0.3, -0.25) is 0 Å². The number of aliphatic imine (C=N–C) groups is 1. The van der Waals surface area contributed by atoms with Crippen LogP contribution in [0, 0.1) is 0 Å². The first-order valence-corrected chi connectivity index (χ1v) is 8.76. The molecular formula is C18H21N3O2S. The van der Waals surface area contributed by atoms with Crippen LogP contribution in [0.4, 0.5) is 5.69 Å². The van der Waals surface area contributed by atoms with Crippen LogP contribution in [0.2, 0.25) is 0 Å². The third kappa shape index (κ3) is 2.94. The number of fused-ring (bicyclic) bond motifs is 1. The van der Waals surface area contributed by atoms with Crippen molar-refractivity contribution in [3.63, 3.8) is 0 Å². The van der Waals surface area contributed by atoms with Gasteiger partial charge in [-0.2, -0.15) is 0 Å². The van der Waals surface area contributed by atoms with E-state index in [1.54, 1.807) is 11.8 Å². The lowest BCUT2D eigenvalue weighted by atomic mass is 9.94. The van der Waals surface area contributed by atoms with E-state index in [0.717, 1.165) is 22.1 Å².